The van der Waals surface area contributed by atoms with Crippen LogP contribution in [0.15, 0.2) is 18.2 Å². The molecule has 0 aliphatic carbocycles. The molecule has 19 heavy (non-hydrogen) atoms. The highest BCUT2D eigenvalue weighted by atomic mass is 16.5. The van der Waals surface area contributed by atoms with Gasteiger partial charge in [-0.25, -0.2) is 0 Å². The van der Waals surface area contributed by atoms with E-state index in [2.05, 4.69) is 37.8 Å². The van der Waals surface area contributed by atoms with E-state index in [0.717, 1.165) is 37.2 Å². The van der Waals surface area contributed by atoms with Gasteiger partial charge in [0.25, 0.3) is 0 Å². The second-order valence-corrected chi connectivity index (χ2v) is 5.51. The van der Waals surface area contributed by atoms with Crippen LogP contribution in [0.25, 0.3) is 0 Å². The van der Waals surface area contributed by atoms with Crippen molar-refractivity contribution >= 4 is 0 Å². The lowest BCUT2D eigenvalue weighted by Gasteiger charge is -2.35. The van der Waals surface area contributed by atoms with Crippen LogP contribution in [0.2, 0.25) is 0 Å². The summed E-state index contributed by atoms with van der Waals surface area (Å²) in [6.45, 7) is 9.91. The molecule has 2 unspecified atom stereocenters. The topological polar surface area (TPSA) is 32.7 Å². The number of hydrogen-bond donors (Lipinski definition) is 1. The van der Waals surface area contributed by atoms with Crippen molar-refractivity contribution in [2.75, 3.05) is 26.2 Å². The largest absolute Gasteiger partial charge is 0.386 e. The summed E-state index contributed by atoms with van der Waals surface area (Å²) in [7, 11) is 0. The minimum atomic E-state index is -0.528. The van der Waals surface area contributed by atoms with E-state index in [1.54, 1.807) is 0 Å². The quantitative estimate of drug-likeness (QED) is 0.905. The Labute approximate surface area is 116 Å². The molecule has 1 fully saturated rings. The number of aliphatic hydroxyl groups excluding tert-OH is 1. The molecule has 1 N–H and O–H groups in total. The second kappa shape index (κ2) is 6.51. The summed E-state index contributed by atoms with van der Waals surface area (Å²) in [6, 6.07) is 6.20. The van der Waals surface area contributed by atoms with E-state index in [1.165, 1.54) is 5.56 Å². The van der Waals surface area contributed by atoms with Gasteiger partial charge in [-0.3, -0.25) is 4.90 Å². The zero-order chi connectivity index (χ0) is 13.8. The highest BCUT2D eigenvalue weighted by Gasteiger charge is 2.28. The molecule has 1 aromatic carbocycles. The van der Waals surface area contributed by atoms with Gasteiger partial charge in [0.05, 0.1) is 6.61 Å². The lowest BCUT2D eigenvalue weighted by Crippen LogP contribution is -2.45. The van der Waals surface area contributed by atoms with Crippen LogP contribution in [0.1, 0.15) is 36.1 Å². The minimum Gasteiger partial charge on any atom is -0.386 e. The Morgan fingerprint density at radius 2 is 2.21 bits per heavy atom. The van der Waals surface area contributed by atoms with Crippen LogP contribution in [0.5, 0.6) is 0 Å². The molecule has 0 aromatic heterocycles. The highest BCUT2D eigenvalue weighted by molar-refractivity contribution is 5.32. The van der Waals surface area contributed by atoms with Crippen LogP contribution < -0.4 is 0 Å². The van der Waals surface area contributed by atoms with Crippen molar-refractivity contribution in [2.45, 2.75) is 39.4 Å². The number of nitrogens with zero attached hydrogens (tertiary/aromatic N) is 1. The van der Waals surface area contributed by atoms with Crippen LogP contribution in [0, 0.1) is 13.8 Å². The Kier molecular flexibility index (Phi) is 4.97. The summed E-state index contributed by atoms with van der Waals surface area (Å²) in [6.07, 6.45) is 0.508. The molecule has 0 radical (unpaired) electrons. The molecule has 1 saturated heterocycles. The lowest BCUT2D eigenvalue weighted by molar-refractivity contribution is -0.0900. The van der Waals surface area contributed by atoms with Crippen LogP contribution in [0.4, 0.5) is 0 Å². The van der Waals surface area contributed by atoms with Crippen molar-refractivity contribution in [3.8, 4) is 0 Å². The van der Waals surface area contributed by atoms with Gasteiger partial charge in [-0.2, -0.15) is 0 Å². The molecule has 3 nitrogen and oxygen atoms in total. The zero-order valence-corrected chi connectivity index (χ0v) is 12.2. The van der Waals surface area contributed by atoms with Crippen LogP contribution in [0.3, 0.4) is 0 Å². The molecule has 1 aromatic rings. The monoisotopic (exact) mass is 263 g/mol. The van der Waals surface area contributed by atoms with Gasteiger partial charge in [0.2, 0.25) is 0 Å². The van der Waals surface area contributed by atoms with Crippen LogP contribution >= 0.6 is 0 Å². The molecule has 0 saturated carbocycles. The number of benzene rings is 1. The summed E-state index contributed by atoms with van der Waals surface area (Å²) in [5.74, 6) is 0. The fourth-order valence-electron chi connectivity index (χ4n) is 2.80. The maximum absolute atomic E-state index is 10.6. The van der Waals surface area contributed by atoms with Gasteiger partial charge in [-0.15, -0.1) is 0 Å². The molecular formula is C16H25NO2. The average molecular weight is 263 g/mol. The van der Waals surface area contributed by atoms with Gasteiger partial charge in [-0.05, 0) is 37.9 Å². The number of ether oxygens (including phenoxy) is 1. The van der Waals surface area contributed by atoms with Crippen molar-refractivity contribution in [3.05, 3.63) is 34.9 Å². The Balaban J connectivity index is 2.07. The number of aryl methyl sites for hydroxylation is 2. The van der Waals surface area contributed by atoms with E-state index in [4.69, 9.17) is 4.74 Å². The number of morpholine rings is 1. The van der Waals surface area contributed by atoms with E-state index < -0.39 is 6.10 Å². The van der Waals surface area contributed by atoms with E-state index in [9.17, 15) is 5.11 Å². The van der Waals surface area contributed by atoms with Crippen molar-refractivity contribution in [2.24, 2.45) is 0 Å². The van der Waals surface area contributed by atoms with Gasteiger partial charge in [0.1, 0.15) is 12.2 Å². The molecule has 0 amide bonds. The van der Waals surface area contributed by atoms with Gasteiger partial charge < -0.3 is 9.84 Å². The molecule has 1 aliphatic heterocycles. The third-order valence-corrected chi connectivity index (χ3v) is 3.81. The van der Waals surface area contributed by atoms with Gasteiger partial charge in [0, 0.05) is 13.1 Å². The molecule has 0 spiro atoms. The Morgan fingerprint density at radius 1 is 1.42 bits per heavy atom. The predicted molar refractivity (Wildman–Crippen MR) is 77.3 cm³/mol. The molecule has 1 aliphatic rings. The number of hydrogen-bond acceptors (Lipinski definition) is 3. The van der Waals surface area contributed by atoms with E-state index >= 15 is 0 Å². The SMILES string of the molecule is CCCN1CCOC(C(O)c2ccc(C)cc2C)C1. The molecule has 0 bridgehead atoms. The summed E-state index contributed by atoms with van der Waals surface area (Å²) < 4.78 is 5.76. The third-order valence-electron chi connectivity index (χ3n) is 3.81. The van der Waals surface area contributed by atoms with E-state index in [-0.39, 0.29) is 6.10 Å². The van der Waals surface area contributed by atoms with Gasteiger partial charge in [-0.1, -0.05) is 30.7 Å². The summed E-state index contributed by atoms with van der Waals surface area (Å²) in [5.41, 5.74) is 3.36. The number of rotatable bonds is 4. The molecule has 2 rings (SSSR count). The first-order valence-electron chi connectivity index (χ1n) is 7.21. The smallest absolute Gasteiger partial charge is 0.107 e. The van der Waals surface area contributed by atoms with Crippen molar-refractivity contribution < 1.29 is 9.84 Å². The molecule has 1 heterocycles. The maximum Gasteiger partial charge on any atom is 0.107 e. The summed E-state index contributed by atoms with van der Waals surface area (Å²) in [5, 5.41) is 10.6. The van der Waals surface area contributed by atoms with Crippen molar-refractivity contribution in [1.29, 1.82) is 0 Å². The van der Waals surface area contributed by atoms with Gasteiger partial charge in [0.15, 0.2) is 0 Å². The third kappa shape index (κ3) is 3.56. The van der Waals surface area contributed by atoms with Crippen molar-refractivity contribution in [1.82, 2.24) is 4.90 Å². The number of aliphatic hydroxyl groups is 1. The first-order chi connectivity index (χ1) is 9.11. The summed E-state index contributed by atoms with van der Waals surface area (Å²) in [4.78, 5) is 2.38. The summed E-state index contributed by atoms with van der Waals surface area (Å²) >= 11 is 0. The second-order valence-electron chi connectivity index (χ2n) is 5.51. The minimum absolute atomic E-state index is 0.110. The van der Waals surface area contributed by atoms with Crippen LogP contribution in [-0.4, -0.2) is 42.4 Å². The molecule has 106 valence electrons. The molecular weight excluding hydrogens is 238 g/mol. The zero-order valence-electron chi connectivity index (χ0n) is 12.2. The standard InChI is InChI=1S/C16H25NO2/c1-4-7-17-8-9-19-15(11-17)16(18)14-6-5-12(2)10-13(14)3/h5-6,10,15-16,18H,4,7-9,11H2,1-3H3. The first-order valence-corrected chi connectivity index (χ1v) is 7.21. The Bertz CT molecular complexity index is 417. The van der Waals surface area contributed by atoms with Crippen molar-refractivity contribution in [3.63, 3.8) is 0 Å². The fraction of sp³-hybridized carbons (Fsp3) is 0.625. The first kappa shape index (κ1) is 14.5. The maximum atomic E-state index is 10.6. The normalized spacial score (nSPS) is 22.4. The fourth-order valence-corrected chi connectivity index (χ4v) is 2.80. The van der Waals surface area contributed by atoms with E-state index in [0.29, 0.717) is 6.61 Å². The Hall–Kier alpha value is -0.900. The molecule has 2 atom stereocenters. The highest BCUT2D eigenvalue weighted by Crippen LogP contribution is 2.25. The lowest BCUT2D eigenvalue weighted by atomic mass is 9.97. The van der Waals surface area contributed by atoms with Crippen LogP contribution in [-0.2, 0) is 4.74 Å². The van der Waals surface area contributed by atoms with E-state index in [1.807, 2.05) is 6.07 Å². The Morgan fingerprint density at radius 3 is 2.89 bits per heavy atom. The van der Waals surface area contributed by atoms with Gasteiger partial charge >= 0.3 is 0 Å². The predicted octanol–water partition coefficient (Wildman–Crippen LogP) is 2.45. The molecule has 3 heteroatoms. The average Bonchev–Trinajstić information content (AvgIpc) is 2.39.